The van der Waals surface area contributed by atoms with Crippen LogP contribution in [0.25, 0.3) is 0 Å². The summed E-state index contributed by atoms with van der Waals surface area (Å²) in [5, 5.41) is 11.5. The van der Waals surface area contributed by atoms with Crippen LogP contribution >= 0.6 is 0 Å². The molecule has 2 aromatic heterocycles. The third-order valence-electron chi connectivity index (χ3n) is 2.74. The number of H-pyrrole nitrogens is 1. The van der Waals surface area contributed by atoms with E-state index in [1.54, 1.807) is 24.7 Å². The number of rotatable bonds is 5. The zero-order valence-corrected chi connectivity index (χ0v) is 11.5. The highest BCUT2D eigenvalue weighted by Crippen LogP contribution is 2.02. The van der Waals surface area contributed by atoms with E-state index in [0.717, 1.165) is 18.7 Å². The maximum absolute atomic E-state index is 12.0. The SMILES string of the molecule is O=C(NCCCc1ncc[nH]1)c1cncc(C#CCO)c1. The Hall–Kier alpha value is -2.65. The molecule has 0 saturated heterocycles. The van der Waals surface area contributed by atoms with Gasteiger partial charge in [0.1, 0.15) is 12.4 Å². The molecule has 21 heavy (non-hydrogen) atoms. The Morgan fingerprint density at radius 2 is 2.33 bits per heavy atom. The van der Waals surface area contributed by atoms with Gasteiger partial charge in [-0.05, 0) is 12.5 Å². The van der Waals surface area contributed by atoms with E-state index in [1.165, 1.54) is 6.20 Å². The van der Waals surface area contributed by atoms with Gasteiger partial charge in [-0.1, -0.05) is 11.8 Å². The van der Waals surface area contributed by atoms with E-state index in [2.05, 4.69) is 32.1 Å². The van der Waals surface area contributed by atoms with Gasteiger partial charge in [-0.3, -0.25) is 9.78 Å². The molecule has 1 amide bonds. The van der Waals surface area contributed by atoms with Gasteiger partial charge in [0.05, 0.1) is 5.56 Å². The van der Waals surface area contributed by atoms with Crippen molar-refractivity contribution >= 4 is 5.91 Å². The van der Waals surface area contributed by atoms with Crippen LogP contribution in [0.4, 0.5) is 0 Å². The number of pyridine rings is 1. The van der Waals surface area contributed by atoms with Crippen LogP contribution in [0.2, 0.25) is 0 Å². The number of aliphatic hydroxyl groups is 1. The summed E-state index contributed by atoms with van der Waals surface area (Å²) in [7, 11) is 0. The van der Waals surface area contributed by atoms with Crippen molar-refractivity contribution < 1.29 is 9.90 Å². The summed E-state index contributed by atoms with van der Waals surface area (Å²) in [6.45, 7) is 0.343. The normalized spacial score (nSPS) is 9.76. The first-order chi connectivity index (χ1) is 10.3. The fourth-order valence-electron chi connectivity index (χ4n) is 1.77. The highest BCUT2D eigenvalue weighted by Gasteiger charge is 2.06. The second-order valence-electron chi connectivity index (χ2n) is 4.32. The number of imidazole rings is 1. The predicted octanol–water partition coefficient (Wildman–Crippen LogP) is 0.511. The van der Waals surface area contributed by atoms with Crippen LogP contribution in [0.3, 0.4) is 0 Å². The molecular weight excluding hydrogens is 268 g/mol. The first-order valence-electron chi connectivity index (χ1n) is 6.61. The molecule has 108 valence electrons. The van der Waals surface area contributed by atoms with Crippen LogP contribution in [0.1, 0.15) is 28.2 Å². The van der Waals surface area contributed by atoms with E-state index in [9.17, 15) is 4.79 Å². The Bertz CT molecular complexity index is 641. The van der Waals surface area contributed by atoms with Crippen molar-refractivity contribution in [3.05, 3.63) is 47.8 Å². The third kappa shape index (κ3) is 4.75. The van der Waals surface area contributed by atoms with Crippen LogP contribution in [0.15, 0.2) is 30.9 Å². The van der Waals surface area contributed by atoms with Gasteiger partial charge in [-0.2, -0.15) is 0 Å². The fourth-order valence-corrected chi connectivity index (χ4v) is 1.77. The molecule has 0 bridgehead atoms. The van der Waals surface area contributed by atoms with Crippen molar-refractivity contribution in [3.8, 4) is 11.8 Å². The van der Waals surface area contributed by atoms with E-state index in [0.29, 0.717) is 17.7 Å². The molecule has 0 aromatic carbocycles. The second kappa shape index (κ2) is 7.82. The Kier molecular flexibility index (Phi) is 5.50. The van der Waals surface area contributed by atoms with Gasteiger partial charge in [0.25, 0.3) is 5.91 Å². The first kappa shape index (κ1) is 14.8. The Morgan fingerprint density at radius 3 is 3.10 bits per heavy atom. The summed E-state index contributed by atoms with van der Waals surface area (Å²) in [5.74, 6) is 5.97. The summed E-state index contributed by atoms with van der Waals surface area (Å²) < 4.78 is 0. The number of aliphatic hydroxyl groups excluding tert-OH is 1. The smallest absolute Gasteiger partial charge is 0.252 e. The van der Waals surface area contributed by atoms with Crippen molar-refractivity contribution in [2.24, 2.45) is 0 Å². The Balaban J connectivity index is 1.82. The van der Waals surface area contributed by atoms with Gasteiger partial charge in [0, 0.05) is 43.3 Å². The van der Waals surface area contributed by atoms with Crippen LogP contribution in [0, 0.1) is 11.8 Å². The standard InChI is InChI=1S/C15H16N4O2/c20-8-2-3-12-9-13(11-16-10-12)15(21)19-5-1-4-14-17-6-7-18-14/h6-7,9-11,20H,1,4-5,8H2,(H,17,18)(H,19,21). The number of aryl methyl sites for hydroxylation is 1. The molecule has 2 heterocycles. The minimum absolute atomic E-state index is 0.186. The van der Waals surface area contributed by atoms with Crippen LogP contribution in [-0.4, -0.2) is 39.1 Å². The lowest BCUT2D eigenvalue weighted by molar-refractivity contribution is 0.0952. The van der Waals surface area contributed by atoms with Gasteiger partial charge in [0.2, 0.25) is 0 Å². The number of aromatic nitrogens is 3. The average Bonchev–Trinajstić information content (AvgIpc) is 3.03. The number of nitrogens with zero attached hydrogens (tertiary/aromatic N) is 2. The maximum atomic E-state index is 12.0. The van der Waals surface area contributed by atoms with Crippen LogP contribution in [-0.2, 0) is 6.42 Å². The summed E-state index contributed by atoms with van der Waals surface area (Å²) in [6, 6.07) is 1.65. The third-order valence-corrected chi connectivity index (χ3v) is 2.74. The molecule has 0 fully saturated rings. The van der Waals surface area contributed by atoms with Crippen molar-refractivity contribution in [2.75, 3.05) is 13.2 Å². The summed E-state index contributed by atoms with van der Waals surface area (Å²) in [4.78, 5) is 23.1. The van der Waals surface area contributed by atoms with Gasteiger partial charge < -0.3 is 15.4 Å². The molecule has 2 aromatic rings. The number of hydrogen-bond acceptors (Lipinski definition) is 4. The monoisotopic (exact) mass is 284 g/mol. The molecule has 3 N–H and O–H groups in total. The number of amides is 1. The topological polar surface area (TPSA) is 90.9 Å². The zero-order valence-electron chi connectivity index (χ0n) is 11.5. The van der Waals surface area contributed by atoms with Crippen molar-refractivity contribution in [3.63, 3.8) is 0 Å². The molecule has 0 aliphatic heterocycles. The maximum Gasteiger partial charge on any atom is 0.252 e. The lowest BCUT2D eigenvalue weighted by Crippen LogP contribution is -2.25. The zero-order chi connectivity index (χ0) is 14.9. The Morgan fingerprint density at radius 1 is 1.43 bits per heavy atom. The summed E-state index contributed by atoms with van der Waals surface area (Å²) in [5.41, 5.74) is 1.06. The minimum Gasteiger partial charge on any atom is -0.384 e. The van der Waals surface area contributed by atoms with E-state index in [4.69, 9.17) is 5.11 Å². The molecule has 6 nitrogen and oxygen atoms in total. The van der Waals surface area contributed by atoms with Gasteiger partial charge in [-0.25, -0.2) is 4.98 Å². The molecule has 0 aliphatic rings. The number of nitrogens with one attached hydrogen (secondary N) is 2. The van der Waals surface area contributed by atoms with E-state index >= 15 is 0 Å². The minimum atomic E-state index is -0.219. The second-order valence-corrected chi connectivity index (χ2v) is 4.32. The largest absolute Gasteiger partial charge is 0.384 e. The summed E-state index contributed by atoms with van der Waals surface area (Å²) >= 11 is 0. The molecule has 6 heteroatoms. The van der Waals surface area contributed by atoms with Crippen molar-refractivity contribution in [2.45, 2.75) is 12.8 Å². The van der Waals surface area contributed by atoms with E-state index < -0.39 is 0 Å². The number of carbonyl (C=O) groups excluding carboxylic acids is 1. The van der Waals surface area contributed by atoms with Crippen molar-refractivity contribution in [1.29, 1.82) is 0 Å². The molecule has 2 rings (SSSR count). The number of carbonyl (C=O) groups is 1. The van der Waals surface area contributed by atoms with Gasteiger partial charge in [-0.15, -0.1) is 0 Å². The fraction of sp³-hybridized carbons (Fsp3) is 0.267. The van der Waals surface area contributed by atoms with Crippen molar-refractivity contribution in [1.82, 2.24) is 20.3 Å². The van der Waals surface area contributed by atoms with E-state index in [1.807, 2.05) is 0 Å². The number of aromatic amines is 1. The lowest BCUT2D eigenvalue weighted by atomic mass is 10.2. The molecular formula is C15H16N4O2. The van der Waals surface area contributed by atoms with Crippen LogP contribution < -0.4 is 5.32 Å². The highest BCUT2D eigenvalue weighted by molar-refractivity contribution is 5.94. The molecule has 0 spiro atoms. The Labute approximate surface area is 122 Å². The highest BCUT2D eigenvalue weighted by atomic mass is 16.2. The van der Waals surface area contributed by atoms with Gasteiger partial charge in [0.15, 0.2) is 0 Å². The lowest BCUT2D eigenvalue weighted by Gasteiger charge is -2.04. The van der Waals surface area contributed by atoms with Crippen LogP contribution in [0.5, 0.6) is 0 Å². The van der Waals surface area contributed by atoms with Gasteiger partial charge >= 0.3 is 0 Å². The molecule has 0 aliphatic carbocycles. The molecule has 0 radical (unpaired) electrons. The van der Waals surface area contributed by atoms with E-state index in [-0.39, 0.29) is 12.5 Å². The number of hydrogen-bond donors (Lipinski definition) is 3. The summed E-state index contributed by atoms with van der Waals surface area (Å²) in [6.07, 6.45) is 8.11. The molecule has 0 atom stereocenters. The quantitative estimate of drug-likeness (QED) is 0.551. The first-order valence-corrected chi connectivity index (χ1v) is 6.61. The molecule has 0 saturated carbocycles. The molecule has 0 unspecified atom stereocenters. The average molecular weight is 284 g/mol. The predicted molar refractivity (Wildman–Crippen MR) is 77.4 cm³/mol.